The highest BCUT2D eigenvalue weighted by Gasteiger charge is 2.45. The molecule has 24 heavy (non-hydrogen) atoms. The highest BCUT2D eigenvalue weighted by atomic mass is 19.1. The predicted molar refractivity (Wildman–Crippen MR) is 87.1 cm³/mol. The lowest BCUT2D eigenvalue weighted by molar-refractivity contribution is -0.131. The summed E-state index contributed by atoms with van der Waals surface area (Å²) in [6.07, 6.45) is 0.741. The van der Waals surface area contributed by atoms with Gasteiger partial charge in [-0.25, -0.2) is 9.18 Å². The molecule has 0 heterocycles. The van der Waals surface area contributed by atoms with E-state index in [-0.39, 0.29) is 29.1 Å². The number of amides is 1. The molecule has 2 aromatic rings. The topological polar surface area (TPSA) is 57.6 Å². The Morgan fingerprint density at radius 3 is 2.54 bits per heavy atom. The zero-order valence-corrected chi connectivity index (χ0v) is 13.3. The summed E-state index contributed by atoms with van der Waals surface area (Å²) >= 11 is 0. The molecule has 3 rings (SSSR count). The van der Waals surface area contributed by atoms with Crippen LogP contribution in [-0.2, 0) is 11.3 Å². The quantitative estimate of drug-likeness (QED) is 0.917. The second kappa shape index (κ2) is 6.43. The molecule has 1 saturated carbocycles. The zero-order chi connectivity index (χ0) is 17.3. The van der Waals surface area contributed by atoms with E-state index < -0.39 is 5.97 Å². The lowest BCUT2D eigenvalue weighted by Crippen LogP contribution is -2.28. The first-order valence-electron chi connectivity index (χ1n) is 7.78. The zero-order valence-electron chi connectivity index (χ0n) is 13.3. The normalized spacial score (nSPS) is 18.9. The van der Waals surface area contributed by atoms with Gasteiger partial charge in [0.05, 0.1) is 5.56 Å². The monoisotopic (exact) mass is 327 g/mol. The minimum absolute atomic E-state index is 0.0339. The van der Waals surface area contributed by atoms with E-state index in [0.717, 1.165) is 17.5 Å². The molecule has 0 saturated heterocycles. The molecule has 4 nitrogen and oxygen atoms in total. The van der Waals surface area contributed by atoms with Gasteiger partial charge in [0, 0.05) is 19.5 Å². The average molecular weight is 327 g/mol. The number of hydrogen-bond donors (Lipinski definition) is 1. The van der Waals surface area contributed by atoms with E-state index in [0.29, 0.717) is 6.54 Å². The molecule has 0 unspecified atom stereocenters. The summed E-state index contributed by atoms with van der Waals surface area (Å²) < 4.78 is 13.3. The van der Waals surface area contributed by atoms with Crippen LogP contribution in [0.1, 0.15) is 33.8 Å². The highest BCUT2D eigenvalue weighted by Crippen LogP contribution is 2.48. The Bertz CT molecular complexity index is 772. The molecule has 0 radical (unpaired) electrons. The SMILES string of the molecule is CN(Cc1ccc(C(=O)O)cc1)C(=O)[C@@H]1C[C@@H]1c1cccc(F)c1. The largest absolute Gasteiger partial charge is 0.478 e. The van der Waals surface area contributed by atoms with Crippen molar-refractivity contribution in [1.29, 1.82) is 0 Å². The van der Waals surface area contributed by atoms with Crippen molar-refractivity contribution in [2.45, 2.75) is 18.9 Å². The first-order valence-corrected chi connectivity index (χ1v) is 7.78. The lowest BCUT2D eigenvalue weighted by atomic mass is 10.1. The molecule has 1 fully saturated rings. The molecular weight excluding hydrogens is 309 g/mol. The van der Waals surface area contributed by atoms with Gasteiger partial charge in [0.1, 0.15) is 5.82 Å². The van der Waals surface area contributed by atoms with Gasteiger partial charge in [-0.3, -0.25) is 4.79 Å². The molecule has 2 atom stereocenters. The molecule has 0 spiro atoms. The summed E-state index contributed by atoms with van der Waals surface area (Å²) in [5, 5.41) is 8.89. The van der Waals surface area contributed by atoms with Crippen molar-refractivity contribution in [2.24, 2.45) is 5.92 Å². The summed E-state index contributed by atoms with van der Waals surface area (Å²) in [6, 6.07) is 12.9. The fourth-order valence-corrected chi connectivity index (χ4v) is 2.96. The number of halogens is 1. The molecule has 2 aromatic carbocycles. The third kappa shape index (κ3) is 3.45. The molecule has 1 N–H and O–H groups in total. The number of carboxylic acid groups (broad SMARTS) is 1. The van der Waals surface area contributed by atoms with Crippen LogP contribution < -0.4 is 0 Å². The Labute approximate surface area is 139 Å². The van der Waals surface area contributed by atoms with Crippen LogP contribution in [0.3, 0.4) is 0 Å². The Morgan fingerprint density at radius 2 is 1.92 bits per heavy atom. The van der Waals surface area contributed by atoms with Crippen LogP contribution in [0, 0.1) is 11.7 Å². The summed E-state index contributed by atoms with van der Waals surface area (Å²) in [5.41, 5.74) is 1.97. The van der Waals surface area contributed by atoms with Crippen molar-refractivity contribution in [3.63, 3.8) is 0 Å². The Balaban J connectivity index is 1.60. The van der Waals surface area contributed by atoms with Crippen molar-refractivity contribution < 1.29 is 19.1 Å². The third-order valence-corrected chi connectivity index (χ3v) is 4.38. The van der Waals surface area contributed by atoms with Crippen LogP contribution in [0.25, 0.3) is 0 Å². The number of carbonyl (C=O) groups excluding carboxylic acids is 1. The van der Waals surface area contributed by atoms with E-state index in [4.69, 9.17) is 5.11 Å². The highest BCUT2D eigenvalue weighted by molar-refractivity contribution is 5.87. The maximum absolute atomic E-state index is 13.3. The van der Waals surface area contributed by atoms with E-state index in [1.807, 2.05) is 6.07 Å². The number of benzene rings is 2. The van der Waals surface area contributed by atoms with Crippen molar-refractivity contribution in [3.8, 4) is 0 Å². The molecule has 0 aliphatic heterocycles. The van der Waals surface area contributed by atoms with E-state index >= 15 is 0 Å². The molecule has 5 heteroatoms. The van der Waals surface area contributed by atoms with Crippen molar-refractivity contribution >= 4 is 11.9 Å². The molecule has 1 aliphatic carbocycles. The van der Waals surface area contributed by atoms with Crippen molar-refractivity contribution in [2.75, 3.05) is 7.05 Å². The van der Waals surface area contributed by atoms with Crippen molar-refractivity contribution in [3.05, 3.63) is 71.0 Å². The fourth-order valence-electron chi connectivity index (χ4n) is 2.96. The third-order valence-electron chi connectivity index (χ3n) is 4.38. The number of carbonyl (C=O) groups is 2. The lowest BCUT2D eigenvalue weighted by Gasteiger charge is -2.17. The predicted octanol–water partition coefficient (Wildman–Crippen LogP) is 3.29. The second-order valence-corrected chi connectivity index (χ2v) is 6.20. The van der Waals surface area contributed by atoms with Crippen LogP contribution >= 0.6 is 0 Å². The molecule has 0 bridgehead atoms. The maximum atomic E-state index is 13.3. The fraction of sp³-hybridized carbons (Fsp3) is 0.263. The van der Waals surface area contributed by atoms with Crippen LogP contribution in [-0.4, -0.2) is 28.9 Å². The number of aromatic carboxylic acids is 1. The number of rotatable bonds is 5. The van der Waals surface area contributed by atoms with Crippen LogP contribution in [0.15, 0.2) is 48.5 Å². The minimum atomic E-state index is -0.970. The minimum Gasteiger partial charge on any atom is -0.478 e. The molecule has 124 valence electrons. The summed E-state index contributed by atoms with van der Waals surface area (Å²) in [5.74, 6) is -1.23. The number of carboxylic acids is 1. The smallest absolute Gasteiger partial charge is 0.335 e. The summed E-state index contributed by atoms with van der Waals surface area (Å²) in [7, 11) is 1.73. The molecular formula is C19H18FNO3. The second-order valence-electron chi connectivity index (χ2n) is 6.20. The van der Waals surface area contributed by atoms with Crippen LogP contribution in [0.5, 0.6) is 0 Å². The van der Waals surface area contributed by atoms with Gasteiger partial charge in [-0.15, -0.1) is 0 Å². The van der Waals surface area contributed by atoms with Gasteiger partial charge in [-0.1, -0.05) is 24.3 Å². The maximum Gasteiger partial charge on any atom is 0.335 e. The van der Waals surface area contributed by atoms with Gasteiger partial charge in [0.25, 0.3) is 0 Å². The number of nitrogens with zero attached hydrogens (tertiary/aromatic N) is 1. The standard InChI is InChI=1S/C19H18FNO3/c1-21(11-12-5-7-13(8-6-12)19(23)24)18(22)17-10-16(17)14-3-2-4-15(20)9-14/h2-9,16-17H,10-11H2,1H3,(H,23,24)/t16-,17-/m1/s1. The van der Waals surface area contributed by atoms with Gasteiger partial charge in [-0.05, 0) is 47.7 Å². The first-order chi connectivity index (χ1) is 11.5. The summed E-state index contributed by atoms with van der Waals surface area (Å²) in [4.78, 5) is 25.0. The van der Waals surface area contributed by atoms with E-state index in [9.17, 15) is 14.0 Å². The Morgan fingerprint density at radius 1 is 1.21 bits per heavy atom. The van der Waals surface area contributed by atoms with Gasteiger partial charge in [0.15, 0.2) is 0 Å². The molecule has 1 amide bonds. The molecule has 1 aliphatic rings. The van der Waals surface area contributed by atoms with Gasteiger partial charge in [-0.2, -0.15) is 0 Å². The summed E-state index contributed by atoms with van der Waals surface area (Å²) in [6.45, 7) is 0.422. The Kier molecular flexibility index (Phi) is 4.34. The number of hydrogen-bond acceptors (Lipinski definition) is 2. The van der Waals surface area contributed by atoms with Gasteiger partial charge >= 0.3 is 5.97 Å². The van der Waals surface area contributed by atoms with Gasteiger partial charge < -0.3 is 10.0 Å². The van der Waals surface area contributed by atoms with Gasteiger partial charge in [0.2, 0.25) is 5.91 Å². The first kappa shape index (κ1) is 16.2. The molecule has 0 aromatic heterocycles. The van der Waals surface area contributed by atoms with Crippen molar-refractivity contribution in [1.82, 2.24) is 4.90 Å². The van der Waals surface area contributed by atoms with Crippen LogP contribution in [0.2, 0.25) is 0 Å². The van der Waals surface area contributed by atoms with E-state index in [2.05, 4.69) is 0 Å². The van der Waals surface area contributed by atoms with E-state index in [1.165, 1.54) is 24.3 Å². The van der Waals surface area contributed by atoms with Crippen LogP contribution in [0.4, 0.5) is 4.39 Å². The van der Waals surface area contributed by atoms with E-state index in [1.54, 1.807) is 30.1 Å². The average Bonchev–Trinajstić information content (AvgIpc) is 3.35. The Hall–Kier alpha value is -2.69.